The molecule has 1 unspecified atom stereocenters. The van der Waals surface area contributed by atoms with Crippen LogP contribution in [0.2, 0.25) is 10.0 Å². The van der Waals surface area contributed by atoms with E-state index < -0.39 is 5.56 Å². The van der Waals surface area contributed by atoms with Crippen molar-refractivity contribution in [3.8, 4) is 11.5 Å². The highest BCUT2D eigenvalue weighted by atomic mass is 35.5. The predicted octanol–water partition coefficient (Wildman–Crippen LogP) is 5.44. The molecule has 0 aliphatic carbocycles. The lowest BCUT2D eigenvalue weighted by Gasteiger charge is -2.15. The maximum atomic E-state index is 6.08. The Labute approximate surface area is 165 Å². The Morgan fingerprint density at radius 3 is 2.58 bits per heavy atom. The number of nitrogens with one attached hydrogen (secondary N) is 1. The molecule has 1 atom stereocenters. The summed E-state index contributed by atoms with van der Waals surface area (Å²) in [7, 11) is 1.55. The molecule has 0 fully saturated rings. The van der Waals surface area contributed by atoms with E-state index in [1.54, 1.807) is 37.4 Å². The second kappa shape index (κ2) is 8.12. The minimum Gasteiger partial charge on any atom is -0.493 e. The van der Waals surface area contributed by atoms with Gasteiger partial charge in [-0.3, -0.25) is 0 Å². The van der Waals surface area contributed by atoms with Crippen LogP contribution in [0.25, 0.3) is 10.9 Å². The van der Waals surface area contributed by atoms with Crippen LogP contribution in [0, 0.1) is 0 Å². The average molecular weight is 414 g/mol. The molecular weight excluding hydrogens is 399 g/mol. The molecule has 0 saturated carbocycles. The number of halogens is 3. The molecule has 0 saturated heterocycles. The van der Waals surface area contributed by atoms with Crippen molar-refractivity contribution in [2.75, 3.05) is 12.4 Å². The number of fused-ring (bicyclic) bond motifs is 1. The number of nitrogens with zero attached hydrogens (tertiary/aromatic N) is 3. The number of hydrogen-bond acceptors (Lipinski definition) is 6. The van der Waals surface area contributed by atoms with Gasteiger partial charge in [-0.05, 0) is 35.9 Å². The van der Waals surface area contributed by atoms with Crippen LogP contribution in [0.4, 0.5) is 11.5 Å². The summed E-state index contributed by atoms with van der Waals surface area (Å²) in [5.74, 6) is 1.50. The number of ether oxygens (including phenoxy) is 2. The molecule has 0 bridgehead atoms. The van der Waals surface area contributed by atoms with E-state index in [2.05, 4.69) is 20.7 Å². The Kier molecular flexibility index (Phi) is 5.86. The molecule has 3 aromatic rings. The Morgan fingerprint density at radius 1 is 1.08 bits per heavy atom. The van der Waals surface area contributed by atoms with Crippen LogP contribution in [0.5, 0.6) is 11.5 Å². The zero-order valence-corrected chi connectivity index (χ0v) is 16.2. The van der Waals surface area contributed by atoms with Crippen LogP contribution in [0.15, 0.2) is 30.3 Å². The van der Waals surface area contributed by atoms with Crippen LogP contribution in [-0.2, 0) is 0 Å². The van der Waals surface area contributed by atoms with E-state index in [-0.39, 0.29) is 0 Å². The fraction of sp³-hybridized carbons (Fsp3) is 0.235. The topological polar surface area (TPSA) is 69.2 Å². The third-order valence-corrected chi connectivity index (χ3v) is 4.73. The van der Waals surface area contributed by atoms with Crippen molar-refractivity contribution in [3.63, 3.8) is 0 Å². The number of benzene rings is 2. The van der Waals surface area contributed by atoms with E-state index in [9.17, 15) is 0 Å². The largest absolute Gasteiger partial charge is 0.493 e. The minimum atomic E-state index is -0.468. The molecule has 9 heteroatoms. The highest BCUT2D eigenvalue weighted by Gasteiger charge is 2.15. The summed E-state index contributed by atoms with van der Waals surface area (Å²) in [6, 6.07) is 8.67. The molecular formula is C17H15Cl3N4O2. The van der Waals surface area contributed by atoms with Crippen molar-refractivity contribution in [1.29, 1.82) is 0 Å². The molecule has 0 amide bonds. The summed E-state index contributed by atoms with van der Waals surface area (Å²) in [6.07, 6.45) is 0.648. The first-order valence-electron chi connectivity index (χ1n) is 7.75. The van der Waals surface area contributed by atoms with Crippen LogP contribution in [-0.4, -0.2) is 28.1 Å². The summed E-state index contributed by atoms with van der Waals surface area (Å²) in [6.45, 7) is 1.92. The number of hydrogen-bond donors (Lipinski definition) is 1. The minimum absolute atomic E-state index is 0.434. The molecule has 0 radical (unpaired) electrons. The normalized spacial score (nSPS) is 12.0. The van der Waals surface area contributed by atoms with Gasteiger partial charge < -0.3 is 14.8 Å². The summed E-state index contributed by atoms with van der Waals surface area (Å²) in [5.41, 5.74) is 0.829. The van der Waals surface area contributed by atoms with E-state index in [1.807, 2.05) is 6.92 Å². The van der Waals surface area contributed by atoms with Crippen molar-refractivity contribution in [2.45, 2.75) is 18.9 Å². The lowest BCUT2D eigenvalue weighted by molar-refractivity contribution is 0.261. The van der Waals surface area contributed by atoms with E-state index in [1.165, 1.54) is 0 Å². The first-order valence-corrected chi connectivity index (χ1v) is 8.95. The maximum Gasteiger partial charge on any atom is 0.172 e. The van der Waals surface area contributed by atoms with Gasteiger partial charge in [-0.2, -0.15) is 0 Å². The molecule has 2 aromatic carbocycles. The molecule has 136 valence electrons. The van der Waals surface area contributed by atoms with Crippen molar-refractivity contribution >= 4 is 57.2 Å². The van der Waals surface area contributed by atoms with Crippen LogP contribution < -0.4 is 14.8 Å². The number of anilines is 2. The summed E-state index contributed by atoms with van der Waals surface area (Å²) in [5, 5.41) is 16.7. The molecule has 1 heterocycles. The van der Waals surface area contributed by atoms with E-state index in [0.717, 1.165) is 0 Å². The SMILES string of the molecule is CCC(Cl)Oc1cc2nnnc(Nc3ccc(Cl)c(Cl)c3)c2cc1OC. The third-order valence-electron chi connectivity index (χ3n) is 3.59. The third kappa shape index (κ3) is 4.03. The molecule has 1 N–H and O–H groups in total. The zero-order valence-electron chi connectivity index (χ0n) is 14.0. The van der Waals surface area contributed by atoms with E-state index >= 15 is 0 Å². The van der Waals surface area contributed by atoms with Crippen molar-refractivity contribution in [1.82, 2.24) is 15.4 Å². The Morgan fingerprint density at radius 2 is 1.88 bits per heavy atom. The quantitative estimate of drug-likeness (QED) is 0.543. The van der Waals surface area contributed by atoms with E-state index in [4.69, 9.17) is 44.3 Å². The molecule has 26 heavy (non-hydrogen) atoms. The van der Waals surface area contributed by atoms with Gasteiger partial charge in [0.2, 0.25) is 0 Å². The molecule has 0 aliphatic heterocycles. The van der Waals surface area contributed by atoms with Crippen LogP contribution >= 0.6 is 34.8 Å². The molecule has 6 nitrogen and oxygen atoms in total. The Bertz CT molecular complexity index is 939. The van der Waals surface area contributed by atoms with Crippen molar-refractivity contribution in [2.24, 2.45) is 0 Å². The van der Waals surface area contributed by atoms with Gasteiger partial charge in [0.25, 0.3) is 0 Å². The maximum absolute atomic E-state index is 6.08. The molecule has 1 aromatic heterocycles. The predicted molar refractivity (Wildman–Crippen MR) is 104 cm³/mol. The highest BCUT2D eigenvalue weighted by molar-refractivity contribution is 6.42. The van der Waals surface area contributed by atoms with Crippen molar-refractivity contribution in [3.05, 3.63) is 40.4 Å². The lowest BCUT2D eigenvalue weighted by atomic mass is 10.2. The van der Waals surface area contributed by atoms with Crippen LogP contribution in [0.3, 0.4) is 0 Å². The summed E-state index contributed by atoms with van der Waals surface area (Å²) < 4.78 is 11.1. The van der Waals surface area contributed by atoms with Gasteiger partial charge in [0.05, 0.1) is 22.5 Å². The van der Waals surface area contributed by atoms with Gasteiger partial charge in [0.15, 0.2) is 22.9 Å². The fourth-order valence-corrected chi connectivity index (χ4v) is 2.66. The van der Waals surface area contributed by atoms with Crippen molar-refractivity contribution < 1.29 is 9.47 Å². The summed E-state index contributed by atoms with van der Waals surface area (Å²) >= 11 is 18.1. The second-order valence-electron chi connectivity index (χ2n) is 5.35. The molecule has 0 spiro atoms. The first kappa shape index (κ1) is 18.8. The number of aromatic nitrogens is 3. The van der Waals surface area contributed by atoms with Gasteiger partial charge in [-0.15, -0.1) is 10.2 Å². The monoisotopic (exact) mass is 412 g/mol. The van der Waals surface area contributed by atoms with Crippen LogP contribution in [0.1, 0.15) is 13.3 Å². The summed E-state index contributed by atoms with van der Waals surface area (Å²) in [4.78, 5) is 0. The smallest absolute Gasteiger partial charge is 0.172 e. The Balaban J connectivity index is 2.02. The van der Waals surface area contributed by atoms with E-state index in [0.29, 0.717) is 50.4 Å². The Hall–Kier alpha value is -2.02. The number of alkyl halides is 1. The van der Waals surface area contributed by atoms with Gasteiger partial charge in [0.1, 0.15) is 5.52 Å². The van der Waals surface area contributed by atoms with Gasteiger partial charge in [-0.1, -0.05) is 41.7 Å². The first-order chi connectivity index (χ1) is 12.5. The van der Waals surface area contributed by atoms with Gasteiger partial charge in [0, 0.05) is 11.8 Å². The standard InChI is InChI=1S/C17H15Cl3N4O2/c1-3-16(20)26-15-8-13-10(7-14(15)25-2)17(23-24-22-13)21-9-4-5-11(18)12(19)6-9/h4-8,16H,3H2,1-2H3,(H,21,22,23). The molecule has 0 aliphatic rings. The average Bonchev–Trinajstić information content (AvgIpc) is 2.64. The zero-order chi connectivity index (χ0) is 18.7. The number of methoxy groups -OCH3 is 1. The highest BCUT2D eigenvalue weighted by Crippen LogP contribution is 2.36. The fourth-order valence-electron chi connectivity index (χ4n) is 2.27. The van der Waals surface area contributed by atoms with Gasteiger partial charge in [-0.25, -0.2) is 0 Å². The number of rotatable bonds is 6. The molecule has 3 rings (SSSR count). The second-order valence-corrected chi connectivity index (χ2v) is 6.65. The lowest BCUT2D eigenvalue weighted by Crippen LogP contribution is -2.08. The van der Waals surface area contributed by atoms with Gasteiger partial charge >= 0.3 is 0 Å².